The Bertz CT molecular complexity index is 998. The zero-order valence-corrected chi connectivity index (χ0v) is 16.2. The second-order valence-corrected chi connectivity index (χ2v) is 6.75. The molecule has 6 nitrogen and oxygen atoms in total. The summed E-state index contributed by atoms with van der Waals surface area (Å²) in [5.41, 5.74) is 6.11. The van der Waals surface area contributed by atoms with Gasteiger partial charge < -0.3 is 4.57 Å². The number of likely N-dealkylation sites (N-methyl/N-ethyl adjacent to an activating group) is 1. The van der Waals surface area contributed by atoms with E-state index in [1.54, 1.807) is 13.0 Å². The smallest absolute Gasteiger partial charge is 0.318 e. The van der Waals surface area contributed by atoms with Crippen LogP contribution in [-0.4, -0.2) is 33.9 Å². The van der Waals surface area contributed by atoms with Crippen LogP contribution in [-0.2, 0) is 9.59 Å². The second kappa shape index (κ2) is 6.87. The van der Waals surface area contributed by atoms with Crippen LogP contribution in [0.5, 0.6) is 0 Å². The molecule has 1 aromatic heterocycles. The van der Waals surface area contributed by atoms with E-state index in [4.69, 9.17) is 0 Å². The maximum Gasteiger partial charge on any atom is 0.331 e. The van der Waals surface area contributed by atoms with Gasteiger partial charge in [-0.2, -0.15) is 0 Å². The molecule has 1 aromatic carbocycles. The molecule has 6 heteroatoms. The van der Waals surface area contributed by atoms with Gasteiger partial charge in [-0.15, -0.1) is 0 Å². The van der Waals surface area contributed by atoms with Gasteiger partial charge in [0.2, 0.25) is 0 Å². The largest absolute Gasteiger partial charge is 0.331 e. The summed E-state index contributed by atoms with van der Waals surface area (Å²) >= 11 is 0. The maximum atomic E-state index is 12.5. The molecule has 0 radical (unpaired) electrons. The van der Waals surface area contributed by atoms with Gasteiger partial charge in [-0.05, 0) is 69.5 Å². The minimum absolute atomic E-state index is 0.0299. The van der Waals surface area contributed by atoms with Crippen molar-refractivity contribution in [3.63, 3.8) is 0 Å². The molecule has 27 heavy (non-hydrogen) atoms. The summed E-state index contributed by atoms with van der Waals surface area (Å²) in [5, 5.41) is 2.22. The Hall–Kier alpha value is -3.15. The number of imide groups is 2. The number of amides is 4. The van der Waals surface area contributed by atoms with Gasteiger partial charge in [0, 0.05) is 23.6 Å². The Kier molecular flexibility index (Phi) is 4.74. The summed E-state index contributed by atoms with van der Waals surface area (Å²) in [6.07, 6.45) is 1.57. The molecule has 0 bridgehead atoms. The third kappa shape index (κ3) is 3.07. The number of rotatable bonds is 3. The van der Waals surface area contributed by atoms with Gasteiger partial charge in [-0.3, -0.25) is 19.8 Å². The molecule has 1 N–H and O–H groups in total. The van der Waals surface area contributed by atoms with Gasteiger partial charge in [-0.25, -0.2) is 4.79 Å². The number of nitrogens with one attached hydrogen (secondary N) is 1. The predicted octanol–water partition coefficient (Wildman–Crippen LogP) is 3.19. The van der Waals surface area contributed by atoms with E-state index in [2.05, 4.69) is 35.9 Å². The van der Waals surface area contributed by atoms with Crippen molar-refractivity contribution in [2.75, 3.05) is 6.54 Å². The van der Waals surface area contributed by atoms with Gasteiger partial charge in [0.05, 0.1) is 0 Å². The molecule has 0 unspecified atom stereocenters. The van der Waals surface area contributed by atoms with E-state index in [9.17, 15) is 14.4 Å². The lowest BCUT2D eigenvalue weighted by Gasteiger charge is -2.24. The summed E-state index contributed by atoms with van der Waals surface area (Å²) in [6, 6.07) is 7.40. The average molecular weight is 365 g/mol. The van der Waals surface area contributed by atoms with Crippen LogP contribution in [0.3, 0.4) is 0 Å². The lowest BCUT2D eigenvalue weighted by atomic mass is 10.1. The molecule has 1 fully saturated rings. The normalized spacial score (nSPS) is 16.3. The summed E-state index contributed by atoms with van der Waals surface area (Å²) in [7, 11) is 0. The van der Waals surface area contributed by atoms with Crippen LogP contribution in [0.15, 0.2) is 29.8 Å². The Morgan fingerprint density at radius 1 is 1.07 bits per heavy atom. The van der Waals surface area contributed by atoms with E-state index in [-0.39, 0.29) is 12.1 Å². The fourth-order valence-corrected chi connectivity index (χ4v) is 3.42. The number of urea groups is 1. The number of carbonyl (C=O) groups excluding carboxylic acids is 3. The number of carbonyl (C=O) groups is 3. The fourth-order valence-electron chi connectivity index (χ4n) is 3.42. The van der Waals surface area contributed by atoms with Crippen molar-refractivity contribution in [2.45, 2.75) is 34.6 Å². The number of hydrogen-bond acceptors (Lipinski definition) is 3. The summed E-state index contributed by atoms with van der Waals surface area (Å²) in [4.78, 5) is 37.5. The van der Waals surface area contributed by atoms with Crippen molar-refractivity contribution >= 4 is 23.9 Å². The molecule has 4 amide bonds. The highest BCUT2D eigenvalue weighted by Gasteiger charge is 2.34. The van der Waals surface area contributed by atoms with Crippen LogP contribution in [0.4, 0.5) is 4.79 Å². The number of nitrogens with zero attached hydrogens (tertiary/aromatic N) is 2. The van der Waals surface area contributed by atoms with E-state index >= 15 is 0 Å². The highest BCUT2D eigenvalue weighted by Crippen LogP contribution is 2.26. The third-order valence-electron chi connectivity index (χ3n) is 5.09. The molecule has 1 aliphatic heterocycles. The maximum absolute atomic E-state index is 12.5. The van der Waals surface area contributed by atoms with Crippen molar-refractivity contribution in [3.8, 4) is 5.69 Å². The SMILES string of the molecule is CCN1C(=O)NC(=O)/C(=C/c2cc(C)n(-c3cccc(C)c3C)c2C)C1=O. The molecule has 2 heterocycles. The molecule has 0 aliphatic carbocycles. The molecule has 140 valence electrons. The van der Waals surface area contributed by atoms with Gasteiger partial charge >= 0.3 is 6.03 Å². The number of aryl methyl sites for hydroxylation is 2. The standard InChI is InChI=1S/C21H23N3O3/c1-6-23-20(26)17(19(25)22-21(23)27)11-16-10-13(3)24(15(16)5)18-9-7-8-12(2)14(18)4/h7-11H,6H2,1-5H3,(H,22,25,27)/b17-11-. The summed E-state index contributed by atoms with van der Waals surface area (Å²) in [5.74, 6) is -1.23. The van der Waals surface area contributed by atoms with Crippen molar-refractivity contribution in [3.05, 3.63) is 57.9 Å². The van der Waals surface area contributed by atoms with E-state index in [0.29, 0.717) is 0 Å². The molecule has 3 rings (SSSR count). The molecule has 1 aliphatic rings. The Labute approximate surface area is 158 Å². The third-order valence-corrected chi connectivity index (χ3v) is 5.09. The zero-order chi connectivity index (χ0) is 19.9. The summed E-state index contributed by atoms with van der Waals surface area (Å²) < 4.78 is 2.11. The topological polar surface area (TPSA) is 71.4 Å². The highest BCUT2D eigenvalue weighted by molar-refractivity contribution is 6.31. The summed E-state index contributed by atoms with van der Waals surface area (Å²) in [6.45, 7) is 9.98. The van der Waals surface area contributed by atoms with Gasteiger partial charge in [0.15, 0.2) is 0 Å². The Morgan fingerprint density at radius 2 is 1.78 bits per heavy atom. The molecule has 0 spiro atoms. The van der Waals surface area contributed by atoms with Gasteiger partial charge in [0.1, 0.15) is 5.57 Å². The first-order chi connectivity index (χ1) is 12.8. The number of benzene rings is 1. The average Bonchev–Trinajstić information content (AvgIpc) is 2.88. The van der Waals surface area contributed by atoms with E-state index in [1.807, 2.05) is 26.0 Å². The lowest BCUT2D eigenvalue weighted by Crippen LogP contribution is -2.53. The molecular formula is C21H23N3O3. The van der Waals surface area contributed by atoms with Crippen LogP contribution in [0.25, 0.3) is 11.8 Å². The van der Waals surface area contributed by atoms with Crippen LogP contribution in [0, 0.1) is 27.7 Å². The lowest BCUT2D eigenvalue weighted by molar-refractivity contribution is -0.129. The number of aromatic nitrogens is 1. The Morgan fingerprint density at radius 3 is 2.44 bits per heavy atom. The minimum Gasteiger partial charge on any atom is -0.318 e. The van der Waals surface area contributed by atoms with E-state index < -0.39 is 17.8 Å². The highest BCUT2D eigenvalue weighted by atomic mass is 16.2. The monoisotopic (exact) mass is 365 g/mol. The first-order valence-electron chi connectivity index (χ1n) is 8.90. The first-order valence-corrected chi connectivity index (χ1v) is 8.90. The Balaban J connectivity index is 2.11. The zero-order valence-electron chi connectivity index (χ0n) is 16.2. The van der Waals surface area contributed by atoms with Crippen LogP contribution in [0.2, 0.25) is 0 Å². The molecule has 0 saturated carbocycles. The minimum atomic E-state index is -0.675. The number of hydrogen-bond donors (Lipinski definition) is 1. The van der Waals surface area contributed by atoms with E-state index in [1.165, 1.54) is 11.1 Å². The second-order valence-electron chi connectivity index (χ2n) is 6.75. The first kappa shape index (κ1) is 18.6. The molecule has 2 aromatic rings. The van der Waals surface area contributed by atoms with Crippen molar-refractivity contribution < 1.29 is 14.4 Å². The van der Waals surface area contributed by atoms with Crippen molar-refractivity contribution in [1.29, 1.82) is 0 Å². The van der Waals surface area contributed by atoms with Gasteiger partial charge in [0.25, 0.3) is 11.8 Å². The van der Waals surface area contributed by atoms with Crippen molar-refractivity contribution in [2.24, 2.45) is 0 Å². The molecular weight excluding hydrogens is 342 g/mol. The molecule has 0 atom stereocenters. The molecule has 1 saturated heterocycles. The van der Waals surface area contributed by atoms with E-state index in [0.717, 1.165) is 27.5 Å². The number of barbiturate groups is 1. The predicted molar refractivity (Wildman–Crippen MR) is 104 cm³/mol. The quantitative estimate of drug-likeness (QED) is 0.671. The van der Waals surface area contributed by atoms with Crippen molar-refractivity contribution in [1.82, 2.24) is 14.8 Å². The van der Waals surface area contributed by atoms with Gasteiger partial charge in [-0.1, -0.05) is 12.1 Å². The fraction of sp³-hybridized carbons (Fsp3) is 0.286. The van der Waals surface area contributed by atoms with Crippen LogP contribution in [0.1, 0.15) is 35.0 Å². The van der Waals surface area contributed by atoms with Crippen LogP contribution >= 0.6 is 0 Å². The van der Waals surface area contributed by atoms with Crippen LogP contribution < -0.4 is 5.32 Å².